The second kappa shape index (κ2) is 11.1. The van der Waals surface area contributed by atoms with E-state index >= 15 is 0 Å². The molecule has 2 aliphatic heterocycles. The van der Waals surface area contributed by atoms with Gasteiger partial charge in [0.1, 0.15) is 0 Å². The number of hydrogen-bond acceptors (Lipinski definition) is 4. The summed E-state index contributed by atoms with van der Waals surface area (Å²) in [7, 11) is 0. The van der Waals surface area contributed by atoms with Crippen molar-refractivity contribution in [2.75, 3.05) is 43.1 Å². The zero-order valence-electron chi connectivity index (χ0n) is 17.3. The average molecular weight is 520 g/mol. The Hall–Kier alpha value is -2.42. The van der Waals surface area contributed by atoms with Crippen LogP contribution in [0.4, 0.5) is 11.4 Å². The van der Waals surface area contributed by atoms with Gasteiger partial charge in [-0.25, -0.2) is 4.99 Å². The number of benzene rings is 2. The summed E-state index contributed by atoms with van der Waals surface area (Å²) in [5, 5.41) is 6.66. The average Bonchev–Trinajstić information content (AvgIpc) is 3.18. The van der Waals surface area contributed by atoms with E-state index in [9.17, 15) is 0 Å². The molecule has 0 aliphatic carbocycles. The van der Waals surface area contributed by atoms with E-state index in [1.807, 2.05) is 18.2 Å². The number of halogens is 1. The normalized spacial score (nSPS) is 15.4. The number of anilines is 2. The van der Waals surface area contributed by atoms with E-state index in [1.54, 1.807) is 0 Å². The van der Waals surface area contributed by atoms with Gasteiger partial charge in [-0.3, -0.25) is 0 Å². The molecule has 2 aromatic rings. The van der Waals surface area contributed by atoms with Gasteiger partial charge in [0.2, 0.25) is 0 Å². The van der Waals surface area contributed by atoms with Gasteiger partial charge in [-0.1, -0.05) is 24.3 Å². The summed E-state index contributed by atoms with van der Waals surface area (Å²) >= 11 is 0. The minimum Gasteiger partial charge on any atom is -0.490 e. The molecule has 0 radical (unpaired) electrons. The first kappa shape index (κ1) is 22.3. The minimum absolute atomic E-state index is 0. The molecule has 0 saturated carbocycles. The number of ether oxygens (including phenoxy) is 2. The molecular formula is C23H29IN4O2. The van der Waals surface area contributed by atoms with Crippen molar-refractivity contribution in [1.82, 2.24) is 5.32 Å². The summed E-state index contributed by atoms with van der Waals surface area (Å²) in [6, 6.07) is 14.5. The quantitative estimate of drug-likeness (QED) is 0.265. The molecule has 160 valence electrons. The molecule has 7 heteroatoms. The molecule has 4 rings (SSSR count). The van der Waals surface area contributed by atoms with E-state index in [2.05, 4.69) is 58.9 Å². The fourth-order valence-corrected chi connectivity index (χ4v) is 3.36. The lowest BCUT2D eigenvalue weighted by Gasteiger charge is -2.17. The fraction of sp³-hybridized carbons (Fsp3) is 0.348. The van der Waals surface area contributed by atoms with E-state index in [0.29, 0.717) is 19.8 Å². The van der Waals surface area contributed by atoms with Crippen LogP contribution in [0, 0.1) is 0 Å². The molecule has 0 atom stereocenters. The smallest absolute Gasteiger partial charge is 0.196 e. The van der Waals surface area contributed by atoms with Gasteiger partial charge in [0.15, 0.2) is 17.5 Å². The fourth-order valence-electron chi connectivity index (χ4n) is 3.36. The maximum Gasteiger partial charge on any atom is 0.196 e. The molecular weight excluding hydrogens is 491 g/mol. The van der Waals surface area contributed by atoms with Crippen molar-refractivity contribution in [2.24, 2.45) is 4.99 Å². The summed E-state index contributed by atoms with van der Waals surface area (Å²) in [6.07, 6.45) is 5.30. The van der Waals surface area contributed by atoms with Crippen LogP contribution in [-0.2, 0) is 6.54 Å². The maximum absolute atomic E-state index is 5.78. The number of rotatable bonds is 5. The van der Waals surface area contributed by atoms with Crippen LogP contribution in [0.5, 0.6) is 11.5 Å². The van der Waals surface area contributed by atoms with E-state index in [1.165, 1.54) is 11.3 Å². The first-order valence-corrected chi connectivity index (χ1v) is 10.3. The summed E-state index contributed by atoms with van der Waals surface area (Å²) in [4.78, 5) is 7.07. The highest BCUT2D eigenvalue weighted by molar-refractivity contribution is 14.0. The second-order valence-corrected chi connectivity index (χ2v) is 7.07. The molecule has 0 bridgehead atoms. The van der Waals surface area contributed by atoms with Gasteiger partial charge in [0, 0.05) is 43.5 Å². The molecule has 6 nitrogen and oxygen atoms in total. The zero-order valence-corrected chi connectivity index (χ0v) is 19.6. The highest BCUT2D eigenvalue weighted by Gasteiger charge is 2.11. The van der Waals surface area contributed by atoms with E-state index in [-0.39, 0.29) is 24.0 Å². The minimum atomic E-state index is 0. The highest BCUT2D eigenvalue weighted by atomic mass is 127. The lowest BCUT2D eigenvalue weighted by Crippen LogP contribution is -2.30. The predicted octanol–water partition coefficient (Wildman–Crippen LogP) is 4.42. The Morgan fingerprint density at radius 3 is 2.47 bits per heavy atom. The molecule has 2 aromatic carbocycles. The molecule has 2 heterocycles. The largest absolute Gasteiger partial charge is 0.490 e. The van der Waals surface area contributed by atoms with Crippen LogP contribution in [-0.4, -0.2) is 38.8 Å². The Labute approximate surface area is 195 Å². The zero-order chi connectivity index (χ0) is 19.9. The van der Waals surface area contributed by atoms with Gasteiger partial charge < -0.3 is 25.0 Å². The topological polar surface area (TPSA) is 58.1 Å². The predicted molar refractivity (Wildman–Crippen MR) is 134 cm³/mol. The number of nitrogens with one attached hydrogen (secondary N) is 2. The van der Waals surface area contributed by atoms with Crippen molar-refractivity contribution >= 4 is 41.3 Å². The molecule has 0 fully saturated rings. The van der Waals surface area contributed by atoms with Gasteiger partial charge in [-0.05, 0) is 36.8 Å². The van der Waals surface area contributed by atoms with Crippen molar-refractivity contribution in [3.8, 4) is 11.5 Å². The summed E-state index contributed by atoms with van der Waals surface area (Å²) in [5.74, 6) is 2.31. The standard InChI is InChI=1S/C23H28N4O2.HI/c1-2-24-23(26-19-8-11-21-22(16-19)29-15-5-14-28-21)25-17-18-6-9-20(10-7-18)27-12-3-4-13-27;/h3-4,6-11,16H,2,5,12-15,17H2,1H3,(H2,24,25,26);1H. The highest BCUT2D eigenvalue weighted by Crippen LogP contribution is 2.32. The van der Waals surface area contributed by atoms with Crippen LogP contribution in [0.15, 0.2) is 59.6 Å². The number of aliphatic imine (C=N–C) groups is 1. The number of nitrogens with zero attached hydrogens (tertiary/aromatic N) is 2. The Bertz CT molecular complexity index is 875. The van der Waals surface area contributed by atoms with Gasteiger partial charge >= 0.3 is 0 Å². The summed E-state index contributed by atoms with van der Waals surface area (Å²) in [6.45, 7) is 6.80. The third kappa shape index (κ3) is 5.81. The Balaban J connectivity index is 0.00000256. The van der Waals surface area contributed by atoms with Crippen LogP contribution in [0.25, 0.3) is 0 Å². The molecule has 0 saturated heterocycles. The molecule has 0 unspecified atom stereocenters. The van der Waals surface area contributed by atoms with Gasteiger partial charge in [-0.2, -0.15) is 0 Å². The first-order chi connectivity index (χ1) is 14.3. The summed E-state index contributed by atoms with van der Waals surface area (Å²) in [5.41, 5.74) is 3.35. The van der Waals surface area contributed by atoms with E-state index in [0.717, 1.165) is 49.2 Å². The Kier molecular flexibility index (Phi) is 8.24. The lowest BCUT2D eigenvalue weighted by molar-refractivity contribution is 0.297. The molecule has 0 aromatic heterocycles. The molecule has 30 heavy (non-hydrogen) atoms. The van der Waals surface area contributed by atoms with Crippen molar-refractivity contribution in [1.29, 1.82) is 0 Å². The Morgan fingerprint density at radius 1 is 1.00 bits per heavy atom. The van der Waals surface area contributed by atoms with Gasteiger partial charge in [0.05, 0.1) is 19.8 Å². The van der Waals surface area contributed by atoms with Crippen molar-refractivity contribution < 1.29 is 9.47 Å². The van der Waals surface area contributed by atoms with Gasteiger partial charge in [-0.15, -0.1) is 24.0 Å². The maximum atomic E-state index is 5.78. The van der Waals surface area contributed by atoms with E-state index in [4.69, 9.17) is 14.5 Å². The lowest BCUT2D eigenvalue weighted by atomic mass is 10.2. The Morgan fingerprint density at radius 2 is 1.73 bits per heavy atom. The summed E-state index contributed by atoms with van der Waals surface area (Å²) < 4.78 is 11.5. The number of hydrogen-bond donors (Lipinski definition) is 2. The molecule has 2 N–H and O–H groups in total. The molecule has 0 spiro atoms. The van der Waals surface area contributed by atoms with Crippen LogP contribution in [0.1, 0.15) is 18.9 Å². The monoisotopic (exact) mass is 520 g/mol. The van der Waals surface area contributed by atoms with Crippen LogP contribution >= 0.6 is 24.0 Å². The number of fused-ring (bicyclic) bond motifs is 1. The van der Waals surface area contributed by atoms with Crippen molar-refractivity contribution in [3.63, 3.8) is 0 Å². The van der Waals surface area contributed by atoms with Gasteiger partial charge in [0.25, 0.3) is 0 Å². The SMILES string of the molecule is CCNC(=NCc1ccc(N2CC=CC2)cc1)Nc1ccc2c(c1)OCCCO2.I. The van der Waals surface area contributed by atoms with Crippen LogP contribution < -0.4 is 25.0 Å². The van der Waals surface area contributed by atoms with Crippen molar-refractivity contribution in [2.45, 2.75) is 19.9 Å². The van der Waals surface area contributed by atoms with Crippen molar-refractivity contribution in [3.05, 3.63) is 60.2 Å². The van der Waals surface area contributed by atoms with Crippen LogP contribution in [0.3, 0.4) is 0 Å². The molecule has 2 aliphatic rings. The third-order valence-corrected chi connectivity index (χ3v) is 4.89. The molecule has 0 amide bonds. The second-order valence-electron chi connectivity index (χ2n) is 7.07. The van der Waals surface area contributed by atoms with E-state index < -0.39 is 0 Å². The first-order valence-electron chi connectivity index (χ1n) is 10.3. The number of guanidine groups is 1. The third-order valence-electron chi connectivity index (χ3n) is 4.89. The van der Waals surface area contributed by atoms with Crippen LogP contribution in [0.2, 0.25) is 0 Å².